The molecule has 1 aromatic heterocycles. The zero-order chi connectivity index (χ0) is 22.2. The minimum atomic E-state index is -4.52. The van der Waals surface area contributed by atoms with Crippen molar-refractivity contribution in [1.82, 2.24) is 14.8 Å². The maximum Gasteiger partial charge on any atom is 0.416 e. The van der Waals surface area contributed by atoms with E-state index in [9.17, 15) is 22.8 Å². The van der Waals surface area contributed by atoms with Crippen molar-refractivity contribution in [3.8, 4) is 0 Å². The highest BCUT2D eigenvalue weighted by molar-refractivity contribution is 6.32. The minimum Gasteiger partial charge on any atom is -0.335 e. The third kappa shape index (κ3) is 4.34. The number of benzene rings is 2. The number of hydrogen-bond donors (Lipinski definition) is 0. The Labute approximate surface area is 181 Å². The summed E-state index contributed by atoms with van der Waals surface area (Å²) in [7, 11) is 0. The predicted molar refractivity (Wildman–Crippen MR) is 110 cm³/mol. The fourth-order valence-electron chi connectivity index (χ4n) is 3.61. The molecule has 31 heavy (non-hydrogen) atoms. The van der Waals surface area contributed by atoms with Crippen molar-refractivity contribution in [3.05, 3.63) is 76.4 Å². The lowest BCUT2D eigenvalue weighted by Crippen LogP contribution is -2.50. The van der Waals surface area contributed by atoms with Crippen LogP contribution in [0.25, 0.3) is 10.9 Å². The number of alkyl halides is 3. The van der Waals surface area contributed by atoms with Crippen LogP contribution in [-0.4, -0.2) is 52.8 Å². The average Bonchev–Trinajstić information content (AvgIpc) is 2.77. The van der Waals surface area contributed by atoms with Crippen LogP contribution in [0.3, 0.4) is 0 Å². The number of fused-ring (bicyclic) bond motifs is 1. The molecule has 0 N–H and O–H groups in total. The Balaban J connectivity index is 1.48. The number of rotatable bonds is 2. The van der Waals surface area contributed by atoms with Gasteiger partial charge in [-0.2, -0.15) is 13.2 Å². The third-order valence-corrected chi connectivity index (χ3v) is 5.41. The number of amides is 2. The van der Waals surface area contributed by atoms with E-state index in [1.54, 1.807) is 29.3 Å². The van der Waals surface area contributed by atoms with Gasteiger partial charge in [0.25, 0.3) is 11.8 Å². The molecule has 5 nitrogen and oxygen atoms in total. The Hall–Kier alpha value is -3.13. The van der Waals surface area contributed by atoms with Crippen molar-refractivity contribution in [2.45, 2.75) is 6.18 Å². The molecule has 2 amide bonds. The summed E-state index contributed by atoms with van der Waals surface area (Å²) in [5.41, 5.74) is 0.0206. The largest absolute Gasteiger partial charge is 0.416 e. The summed E-state index contributed by atoms with van der Waals surface area (Å²) in [5.74, 6) is -0.745. The summed E-state index contributed by atoms with van der Waals surface area (Å²) in [6, 6.07) is 11.2. The van der Waals surface area contributed by atoms with Crippen molar-refractivity contribution in [2.24, 2.45) is 0 Å². The summed E-state index contributed by atoms with van der Waals surface area (Å²) < 4.78 is 38.8. The molecule has 0 spiro atoms. The van der Waals surface area contributed by atoms with Gasteiger partial charge in [-0.05, 0) is 36.4 Å². The molecule has 3 aromatic rings. The molecule has 160 valence electrons. The topological polar surface area (TPSA) is 53.5 Å². The van der Waals surface area contributed by atoms with Crippen LogP contribution in [0.4, 0.5) is 13.2 Å². The number of pyridine rings is 1. The molecule has 2 aromatic carbocycles. The molecule has 0 aliphatic carbocycles. The Morgan fingerprint density at radius 2 is 1.58 bits per heavy atom. The Kier molecular flexibility index (Phi) is 5.58. The first-order valence-electron chi connectivity index (χ1n) is 9.54. The fraction of sp³-hybridized carbons (Fsp3) is 0.227. The predicted octanol–water partition coefficient (Wildman–Crippen LogP) is 4.51. The lowest BCUT2D eigenvalue weighted by Gasteiger charge is -2.35. The smallest absolute Gasteiger partial charge is 0.335 e. The number of carbonyl (C=O) groups is 2. The first kappa shape index (κ1) is 21.1. The number of halogens is 4. The van der Waals surface area contributed by atoms with Crippen LogP contribution in [0.15, 0.2) is 54.7 Å². The highest BCUT2D eigenvalue weighted by Gasteiger charge is 2.32. The number of hydrogen-bond acceptors (Lipinski definition) is 3. The van der Waals surface area contributed by atoms with Gasteiger partial charge in [0, 0.05) is 48.3 Å². The molecule has 4 rings (SSSR count). The first-order chi connectivity index (χ1) is 14.7. The maximum absolute atomic E-state index is 13.1. The van der Waals surface area contributed by atoms with E-state index in [0.29, 0.717) is 16.1 Å². The molecular weight excluding hydrogens is 431 g/mol. The van der Waals surface area contributed by atoms with Crippen LogP contribution >= 0.6 is 11.6 Å². The number of aromatic nitrogens is 1. The summed E-state index contributed by atoms with van der Waals surface area (Å²) in [6.07, 6.45) is -2.92. The Morgan fingerprint density at radius 1 is 0.903 bits per heavy atom. The van der Waals surface area contributed by atoms with Gasteiger partial charge >= 0.3 is 6.18 Å². The Morgan fingerprint density at radius 3 is 2.26 bits per heavy atom. The monoisotopic (exact) mass is 447 g/mol. The molecule has 1 aliphatic rings. The van der Waals surface area contributed by atoms with Gasteiger partial charge in [0.05, 0.1) is 16.6 Å². The zero-order valence-electron chi connectivity index (χ0n) is 16.2. The molecule has 2 heterocycles. The zero-order valence-corrected chi connectivity index (χ0v) is 17.0. The van der Waals surface area contributed by atoms with Gasteiger partial charge in [0.1, 0.15) is 0 Å². The van der Waals surface area contributed by atoms with E-state index < -0.39 is 17.6 Å². The lowest BCUT2D eigenvalue weighted by atomic mass is 10.1. The second-order valence-corrected chi connectivity index (χ2v) is 7.63. The number of piperazine rings is 1. The second-order valence-electron chi connectivity index (χ2n) is 7.19. The fourth-order valence-corrected chi connectivity index (χ4v) is 3.84. The van der Waals surface area contributed by atoms with Gasteiger partial charge in [-0.15, -0.1) is 0 Å². The highest BCUT2D eigenvalue weighted by Crippen LogP contribution is 2.30. The van der Waals surface area contributed by atoms with Crippen molar-refractivity contribution in [3.63, 3.8) is 0 Å². The van der Waals surface area contributed by atoms with Crippen LogP contribution in [0.5, 0.6) is 0 Å². The Bertz CT molecular complexity index is 1160. The molecule has 0 bridgehead atoms. The normalized spacial score (nSPS) is 14.7. The highest BCUT2D eigenvalue weighted by atomic mass is 35.5. The van der Waals surface area contributed by atoms with Gasteiger partial charge in [-0.25, -0.2) is 0 Å². The van der Waals surface area contributed by atoms with Crippen molar-refractivity contribution < 1.29 is 22.8 Å². The van der Waals surface area contributed by atoms with Crippen molar-refractivity contribution >= 4 is 34.3 Å². The summed E-state index contributed by atoms with van der Waals surface area (Å²) >= 11 is 6.15. The first-order valence-corrected chi connectivity index (χ1v) is 9.92. The van der Waals surface area contributed by atoms with E-state index in [4.69, 9.17) is 11.6 Å². The minimum absolute atomic E-state index is 0.0281. The standard InChI is InChI=1S/C22H17ClF3N3O2/c23-17-12-14-4-2-6-27-19(14)18(13-17)21(31)29-9-7-28(8-10-29)20(30)15-3-1-5-16(11-15)22(24,25)26/h1-6,11-13H,7-10H2. The van der Waals surface area contributed by atoms with E-state index in [-0.39, 0.29) is 37.6 Å². The van der Waals surface area contributed by atoms with Crippen LogP contribution in [0, 0.1) is 0 Å². The molecule has 9 heteroatoms. The van der Waals surface area contributed by atoms with E-state index in [1.807, 2.05) is 6.07 Å². The van der Waals surface area contributed by atoms with Gasteiger partial charge in [-0.1, -0.05) is 23.7 Å². The van der Waals surface area contributed by atoms with Gasteiger partial charge in [-0.3, -0.25) is 14.6 Å². The maximum atomic E-state index is 13.1. The van der Waals surface area contributed by atoms with E-state index in [1.165, 1.54) is 17.0 Å². The third-order valence-electron chi connectivity index (χ3n) is 5.19. The summed E-state index contributed by atoms with van der Waals surface area (Å²) in [6.45, 7) is 0.939. The molecule has 0 saturated carbocycles. The van der Waals surface area contributed by atoms with E-state index in [0.717, 1.165) is 17.5 Å². The molecule has 0 atom stereocenters. The lowest BCUT2D eigenvalue weighted by molar-refractivity contribution is -0.137. The van der Waals surface area contributed by atoms with Crippen LogP contribution in [0.2, 0.25) is 5.02 Å². The molecule has 1 aliphatic heterocycles. The summed E-state index contributed by atoms with van der Waals surface area (Å²) in [4.78, 5) is 33.1. The number of nitrogens with zero attached hydrogens (tertiary/aromatic N) is 3. The molecule has 1 fully saturated rings. The SMILES string of the molecule is O=C(c1cccc(C(F)(F)F)c1)N1CCN(C(=O)c2cc(Cl)cc3cccnc23)CC1. The number of carbonyl (C=O) groups excluding carboxylic acids is 2. The average molecular weight is 448 g/mol. The van der Waals surface area contributed by atoms with Gasteiger partial charge in [0.15, 0.2) is 0 Å². The van der Waals surface area contributed by atoms with E-state index >= 15 is 0 Å². The molecular formula is C22H17ClF3N3O2. The van der Waals surface area contributed by atoms with E-state index in [2.05, 4.69) is 4.98 Å². The summed E-state index contributed by atoms with van der Waals surface area (Å²) in [5, 5.41) is 1.17. The van der Waals surface area contributed by atoms with Crippen LogP contribution in [-0.2, 0) is 6.18 Å². The van der Waals surface area contributed by atoms with Crippen LogP contribution < -0.4 is 0 Å². The van der Waals surface area contributed by atoms with Crippen LogP contribution in [0.1, 0.15) is 26.3 Å². The van der Waals surface area contributed by atoms with Crippen molar-refractivity contribution in [1.29, 1.82) is 0 Å². The molecule has 1 saturated heterocycles. The molecule has 0 unspecified atom stereocenters. The van der Waals surface area contributed by atoms with Gasteiger partial charge in [0.2, 0.25) is 0 Å². The van der Waals surface area contributed by atoms with Crippen molar-refractivity contribution in [2.75, 3.05) is 26.2 Å². The quantitative estimate of drug-likeness (QED) is 0.581. The second kappa shape index (κ2) is 8.19. The molecule has 0 radical (unpaired) electrons. The van der Waals surface area contributed by atoms with Gasteiger partial charge < -0.3 is 9.80 Å².